The Balaban J connectivity index is 1.88. The number of rotatable bonds is 3. The molecule has 0 fully saturated rings. The van der Waals surface area contributed by atoms with E-state index in [9.17, 15) is 0 Å². The van der Waals surface area contributed by atoms with Gasteiger partial charge < -0.3 is 4.42 Å². The zero-order valence-corrected chi connectivity index (χ0v) is 14.1. The van der Waals surface area contributed by atoms with Crippen LogP contribution in [0.25, 0.3) is 11.0 Å². The summed E-state index contributed by atoms with van der Waals surface area (Å²) in [6.07, 6.45) is 0. The van der Waals surface area contributed by atoms with Crippen molar-refractivity contribution < 1.29 is 4.42 Å². The predicted octanol–water partition coefficient (Wildman–Crippen LogP) is 6.57. The van der Waals surface area contributed by atoms with Crippen LogP contribution >= 0.6 is 11.6 Å². The number of furan rings is 1. The van der Waals surface area contributed by atoms with E-state index in [1.165, 1.54) is 16.7 Å². The highest BCUT2D eigenvalue weighted by Crippen LogP contribution is 2.35. The summed E-state index contributed by atoms with van der Waals surface area (Å²) in [4.78, 5) is 0. The van der Waals surface area contributed by atoms with E-state index in [0.29, 0.717) is 0 Å². The van der Waals surface area contributed by atoms with Gasteiger partial charge in [0.2, 0.25) is 0 Å². The van der Waals surface area contributed by atoms with Crippen LogP contribution in [0.2, 0.25) is 5.02 Å². The first-order valence-electron chi connectivity index (χ1n) is 8.01. The van der Waals surface area contributed by atoms with Crippen molar-refractivity contribution in [1.29, 1.82) is 0 Å². The molecule has 4 rings (SSSR count). The van der Waals surface area contributed by atoms with Crippen molar-refractivity contribution in [3.8, 4) is 0 Å². The average molecular weight is 333 g/mol. The molecule has 1 aromatic heterocycles. The number of fused-ring (bicyclic) bond motifs is 1. The number of aryl methyl sites for hydroxylation is 1. The van der Waals surface area contributed by atoms with Gasteiger partial charge in [-0.25, -0.2) is 0 Å². The van der Waals surface area contributed by atoms with Gasteiger partial charge in [-0.3, -0.25) is 0 Å². The standard InChI is InChI=1S/C22H17ClO/c1-15-6-8-16(9-7-15)22(17-10-12-19(23)13-11-17)21-14-18-4-2-3-5-20(18)24-21/h2-14,22H,1H3. The smallest absolute Gasteiger partial charge is 0.134 e. The lowest BCUT2D eigenvalue weighted by atomic mass is 9.88. The fourth-order valence-electron chi connectivity index (χ4n) is 3.08. The van der Waals surface area contributed by atoms with Crippen LogP contribution in [0.4, 0.5) is 0 Å². The molecule has 1 atom stereocenters. The molecule has 0 N–H and O–H groups in total. The van der Waals surface area contributed by atoms with Gasteiger partial charge in [0.05, 0.1) is 5.92 Å². The molecule has 1 unspecified atom stereocenters. The molecule has 1 heterocycles. The summed E-state index contributed by atoms with van der Waals surface area (Å²) >= 11 is 6.07. The maximum Gasteiger partial charge on any atom is 0.134 e. The Morgan fingerprint density at radius 3 is 2.08 bits per heavy atom. The van der Waals surface area contributed by atoms with E-state index in [-0.39, 0.29) is 5.92 Å². The van der Waals surface area contributed by atoms with Gasteiger partial charge in [-0.05, 0) is 42.3 Å². The van der Waals surface area contributed by atoms with Crippen LogP contribution in [0.15, 0.2) is 83.3 Å². The van der Waals surface area contributed by atoms with Crippen LogP contribution < -0.4 is 0 Å². The summed E-state index contributed by atoms with van der Waals surface area (Å²) in [6, 6.07) is 26.9. The fourth-order valence-corrected chi connectivity index (χ4v) is 3.21. The van der Waals surface area contributed by atoms with E-state index in [0.717, 1.165) is 21.8 Å². The van der Waals surface area contributed by atoms with Crippen LogP contribution in [0.1, 0.15) is 28.4 Å². The molecule has 2 heteroatoms. The van der Waals surface area contributed by atoms with Crippen LogP contribution in [0.3, 0.4) is 0 Å². The second-order valence-corrected chi connectivity index (χ2v) is 6.52. The number of para-hydroxylation sites is 1. The minimum absolute atomic E-state index is 0.0512. The molecule has 0 bridgehead atoms. The van der Waals surface area contributed by atoms with E-state index in [1.54, 1.807) is 0 Å². The summed E-state index contributed by atoms with van der Waals surface area (Å²) in [7, 11) is 0. The zero-order valence-electron chi connectivity index (χ0n) is 13.4. The minimum atomic E-state index is 0.0512. The minimum Gasteiger partial charge on any atom is -0.460 e. The molecule has 0 aliphatic heterocycles. The Morgan fingerprint density at radius 1 is 0.792 bits per heavy atom. The Hall–Kier alpha value is -2.51. The van der Waals surface area contributed by atoms with Crippen molar-refractivity contribution in [1.82, 2.24) is 0 Å². The topological polar surface area (TPSA) is 13.1 Å². The van der Waals surface area contributed by atoms with Gasteiger partial charge in [0, 0.05) is 10.4 Å². The number of halogens is 1. The lowest BCUT2D eigenvalue weighted by molar-refractivity contribution is 0.541. The summed E-state index contributed by atoms with van der Waals surface area (Å²) in [5.74, 6) is 0.998. The molecule has 0 aliphatic rings. The molecule has 1 nitrogen and oxygen atoms in total. The van der Waals surface area contributed by atoms with E-state index in [2.05, 4.69) is 55.5 Å². The van der Waals surface area contributed by atoms with Gasteiger partial charge in [0.25, 0.3) is 0 Å². The first-order chi connectivity index (χ1) is 11.7. The largest absolute Gasteiger partial charge is 0.460 e. The van der Waals surface area contributed by atoms with Crippen molar-refractivity contribution in [3.63, 3.8) is 0 Å². The molecule has 0 radical (unpaired) electrons. The molecular formula is C22H17ClO. The molecule has 24 heavy (non-hydrogen) atoms. The number of hydrogen-bond acceptors (Lipinski definition) is 1. The summed E-state index contributed by atoms with van der Waals surface area (Å²) in [5.41, 5.74) is 4.54. The highest BCUT2D eigenvalue weighted by atomic mass is 35.5. The third-order valence-corrected chi connectivity index (χ3v) is 4.60. The molecule has 0 aliphatic carbocycles. The molecule has 0 amide bonds. The monoisotopic (exact) mass is 332 g/mol. The van der Waals surface area contributed by atoms with Crippen molar-refractivity contribution in [2.75, 3.05) is 0 Å². The lowest BCUT2D eigenvalue weighted by Gasteiger charge is -2.16. The normalized spacial score (nSPS) is 12.4. The van der Waals surface area contributed by atoms with Gasteiger partial charge in [0.1, 0.15) is 11.3 Å². The second kappa shape index (κ2) is 6.18. The highest BCUT2D eigenvalue weighted by Gasteiger charge is 2.20. The molecule has 4 aromatic rings. The van der Waals surface area contributed by atoms with Crippen molar-refractivity contribution >= 4 is 22.6 Å². The fraction of sp³-hybridized carbons (Fsp3) is 0.0909. The zero-order chi connectivity index (χ0) is 16.5. The van der Waals surface area contributed by atoms with Gasteiger partial charge in [-0.15, -0.1) is 0 Å². The molecule has 0 saturated carbocycles. The van der Waals surface area contributed by atoms with Crippen LogP contribution in [0.5, 0.6) is 0 Å². The lowest BCUT2D eigenvalue weighted by Crippen LogP contribution is -2.02. The molecule has 0 saturated heterocycles. The highest BCUT2D eigenvalue weighted by molar-refractivity contribution is 6.30. The van der Waals surface area contributed by atoms with Gasteiger partial charge in [-0.1, -0.05) is 71.8 Å². The number of hydrogen-bond donors (Lipinski definition) is 0. The summed E-state index contributed by atoms with van der Waals surface area (Å²) in [6.45, 7) is 2.10. The van der Waals surface area contributed by atoms with Gasteiger partial charge in [-0.2, -0.15) is 0 Å². The Morgan fingerprint density at radius 2 is 1.42 bits per heavy atom. The molecular weight excluding hydrogens is 316 g/mol. The maximum atomic E-state index is 6.17. The first kappa shape index (κ1) is 15.0. The Kier molecular flexibility index (Phi) is 3.87. The van der Waals surface area contributed by atoms with Crippen molar-refractivity contribution in [2.24, 2.45) is 0 Å². The molecule has 0 spiro atoms. The SMILES string of the molecule is Cc1ccc(C(c2ccc(Cl)cc2)c2cc3ccccc3o2)cc1. The van der Waals surface area contributed by atoms with Crippen LogP contribution in [-0.2, 0) is 0 Å². The first-order valence-corrected chi connectivity index (χ1v) is 8.39. The molecule has 118 valence electrons. The van der Waals surface area contributed by atoms with Gasteiger partial charge >= 0.3 is 0 Å². The third kappa shape index (κ3) is 2.83. The summed E-state index contributed by atoms with van der Waals surface area (Å²) < 4.78 is 6.17. The van der Waals surface area contributed by atoms with Gasteiger partial charge in [0.15, 0.2) is 0 Å². The number of benzene rings is 3. The van der Waals surface area contributed by atoms with E-state index < -0.39 is 0 Å². The van der Waals surface area contributed by atoms with E-state index >= 15 is 0 Å². The van der Waals surface area contributed by atoms with E-state index in [1.807, 2.05) is 30.3 Å². The average Bonchev–Trinajstić information content (AvgIpc) is 3.02. The van der Waals surface area contributed by atoms with E-state index in [4.69, 9.17) is 16.0 Å². The third-order valence-electron chi connectivity index (χ3n) is 4.34. The second-order valence-electron chi connectivity index (χ2n) is 6.08. The molecule has 3 aromatic carbocycles. The van der Waals surface area contributed by atoms with Crippen LogP contribution in [-0.4, -0.2) is 0 Å². The predicted molar refractivity (Wildman–Crippen MR) is 99.8 cm³/mol. The van der Waals surface area contributed by atoms with Crippen molar-refractivity contribution in [2.45, 2.75) is 12.8 Å². The maximum absolute atomic E-state index is 6.17. The Labute approximate surface area is 146 Å². The Bertz CT molecular complexity index is 886. The van der Waals surface area contributed by atoms with Crippen LogP contribution in [0, 0.1) is 6.92 Å². The summed E-state index contributed by atoms with van der Waals surface area (Å²) in [5, 5.41) is 1.87. The van der Waals surface area contributed by atoms with Crippen molar-refractivity contribution in [3.05, 3.63) is 106 Å². The quantitative estimate of drug-likeness (QED) is 0.413.